The van der Waals surface area contributed by atoms with E-state index in [1.54, 1.807) is 7.11 Å². The summed E-state index contributed by atoms with van der Waals surface area (Å²) in [6.45, 7) is 2.84. The quantitative estimate of drug-likeness (QED) is 0.899. The maximum Gasteiger partial charge on any atom is 0.239 e. The Bertz CT molecular complexity index is 462. The third-order valence-electron chi connectivity index (χ3n) is 3.95. The van der Waals surface area contributed by atoms with Gasteiger partial charge in [0, 0.05) is 12.1 Å². The first kappa shape index (κ1) is 14.9. The molecule has 2 atom stereocenters. The normalized spacial score (nSPS) is 19.9. The molecular weight excluding hydrogens is 252 g/mol. The number of ether oxygens (including phenoxy) is 1. The highest BCUT2D eigenvalue weighted by molar-refractivity contribution is 5.82. The molecule has 4 heteroatoms. The van der Waals surface area contributed by atoms with Gasteiger partial charge < -0.3 is 15.4 Å². The number of methoxy groups -OCH3 is 1. The summed E-state index contributed by atoms with van der Waals surface area (Å²) in [6, 6.07) is 7.65. The van der Waals surface area contributed by atoms with Crippen LogP contribution in [0.1, 0.15) is 44.2 Å². The Labute approximate surface area is 120 Å². The summed E-state index contributed by atoms with van der Waals surface area (Å²) in [6.07, 6.45) is 3.67. The van der Waals surface area contributed by atoms with Crippen LogP contribution in [-0.2, 0) is 4.79 Å². The highest BCUT2D eigenvalue weighted by atomic mass is 16.5. The van der Waals surface area contributed by atoms with Gasteiger partial charge in [-0.3, -0.25) is 4.79 Å². The minimum Gasteiger partial charge on any atom is -0.496 e. The zero-order valence-electron chi connectivity index (χ0n) is 12.3. The minimum absolute atomic E-state index is 0.0697. The van der Waals surface area contributed by atoms with Crippen LogP contribution >= 0.6 is 0 Å². The SMILES string of the molecule is CCCC(N)C(=O)N1CCCC1c1ccccc1OC. The van der Waals surface area contributed by atoms with Crippen molar-refractivity contribution in [2.75, 3.05) is 13.7 Å². The second-order valence-corrected chi connectivity index (χ2v) is 5.33. The van der Waals surface area contributed by atoms with Crippen LogP contribution in [0.4, 0.5) is 0 Å². The van der Waals surface area contributed by atoms with Gasteiger partial charge >= 0.3 is 0 Å². The molecule has 0 aromatic heterocycles. The minimum atomic E-state index is -0.379. The van der Waals surface area contributed by atoms with Crippen LogP contribution in [-0.4, -0.2) is 30.5 Å². The van der Waals surface area contributed by atoms with E-state index in [-0.39, 0.29) is 18.0 Å². The Morgan fingerprint density at radius 2 is 2.25 bits per heavy atom. The van der Waals surface area contributed by atoms with Crippen molar-refractivity contribution < 1.29 is 9.53 Å². The zero-order chi connectivity index (χ0) is 14.5. The summed E-state index contributed by atoms with van der Waals surface area (Å²) in [5.41, 5.74) is 7.08. The van der Waals surface area contributed by atoms with Crippen LogP contribution in [0.25, 0.3) is 0 Å². The maximum absolute atomic E-state index is 12.5. The number of likely N-dealkylation sites (tertiary alicyclic amines) is 1. The number of carbonyl (C=O) groups excluding carboxylic acids is 1. The molecule has 0 radical (unpaired) electrons. The molecule has 110 valence electrons. The lowest BCUT2D eigenvalue weighted by atomic mass is 10.0. The molecule has 1 aliphatic rings. The third kappa shape index (κ3) is 2.96. The van der Waals surface area contributed by atoms with E-state index >= 15 is 0 Å². The number of carbonyl (C=O) groups is 1. The van der Waals surface area contributed by atoms with Crippen molar-refractivity contribution >= 4 is 5.91 Å². The molecule has 2 N–H and O–H groups in total. The van der Waals surface area contributed by atoms with Gasteiger partial charge in [0.2, 0.25) is 5.91 Å². The van der Waals surface area contributed by atoms with Gasteiger partial charge in [0.05, 0.1) is 19.2 Å². The third-order valence-corrected chi connectivity index (χ3v) is 3.95. The van der Waals surface area contributed by atoms with E-state index < -0.39 is 0 Å². The molecule has 4 nitrogen and oxygen atoms in total. The summed E-state index contributed by atoms with van der Waals surface area (Å²) in [5, 5.41) is 0. The van der Waals surface area contributed by atoms with Gasteiger partial charge in [-0.15, -0.1) is 0 Å². The van der Waals surface area contributed by atoms with Crippen molar-refractivity contribution in [3.05, 3.63) is 29.8 Å². The predicted octanol–water partition coefficient (Wildman–Crippen LogP) is 2.49. The maximum atomic E-state index is 12.5. The van der Waals surface area contributed by atoms with Gasteiger partial charge in [-0.25, -0.2) is 0 Å². The van der Waals surface area contributed by atoms with Gasteiger partial charge in [0.15, 0.2) is 0 Å². The van der Waals surface area contributed by atoms with Crippen LogP contribution < -0.4 is 10.5 Å². The van der Waals surface area contributed by atoms with Crippen LogP contribution in [0.5, 0.6) is 5.75 Å². The summed E-state index contributed by atoms with van der Waals surface area (Å²) >= 11 is 0. The Hall–Kier alpha value is -1.55. The smallest absolute Gasteiger partial charge is 0.239 e. The Morgan fingerprint density at radius 3 is 2.95 bits per heavy atom. The highest BCUT2D eigenvalue weighted by Crippen LogP contribution is 2.37. The van der Waals surface area contributed by atoms with E-state index in [1.807, 2.05) is 29.2 Å². The number of amides is 1. The van der Waals surface area contributed by atoms with E-state index in [0.717, 1.165) is 43.5 Å². The Balaban J connectivity index is 2.20. The molecule has 0 saturated carbocycles. The van der Waals surface area contributed by atoms with Crippen molar-refractivity contribution in [1.29, 1.82) is 0 Å². The standard InChI is InChI=1S/C16H24N2O2/c1-3-7-13(17)16(19)18-11-6-9-14(18)12-8-4-5-10-15(12)20-2/h4-5,8,10,13-14H,3,6-7,9,11,17H2,1-2H3. The zero-order valence-corrected chi connectivity index (χ0v) is 12.3. The molecule has 0 bridgehead atoms. The van der Waals surface area contributed by atoms with Crippen molar-refractivity contribution in [3.63, 3.8) is 0 Å². The fourth-order valence-electron chi connectivity index (χ4n) is 2.94. The van der Waals surface area contributed by atoms with E-state index in [9.17, 15) is 4.79 Å². The first-order valence-corrected chi connectivity index (χ1v) is 7.38. The fraction of sp³-hybridized carbons (Fsp3) is 0.562. The molecular formula is C16H24N2O2. The number of rotatable bonds is 5. The predicted molar refractivity (Wildman–Crippen MR) is 79.6 cm³/mol. The first-order valence-electron chi connectivity index (χ1n) is 7.38. The lowest BCUT2D eigenvalue weighted by Crippen LogP contribution is -2.43. The molecule has 1 aromatic carbocycles. The average Bonchev–Trinajstić information content (AvgIpc) is 2.95. The van der Waals surface area contributed by atoms with Gasteiger partial charge in [0.25, 0.3) is 0 Å². The number of hydrogen-bond acceptors (Lipinski definition) is 3. The van der Waals surface area contributed by atoms with Gasteiger partial charge in [-0.1, -0.05) is 31.5 Å². The lowest BCUT2D eigenvalue weighted by molar-refractivity contribution is -0.133. The molecule has 2 rings (SSSR count). The molecule has 2 unspecified atom stereocenters. The van der Waals surface area contributed by atoms with Crippen molar-refractivity contribution in [2.24, 2.45) is 5.73 Å². The average molecular weight is 276 g/mol. The first-order chi connectivity index (χ1) is 9.69. The van der Waals surface area contributed by atoms with Gasteiger partial charge in [-0.05, 0) is 25.3 Å². The molecule has 0 spiro atoms. The highest BCUT2D eigenvalue weighted by Gasteiger charge is 2.33. The Morgan fingerprint density at radius 1 is 1.50 bits per heavy atom. The summed E-state index contributed by atoms with van der Waals surface area (Å²) in [5.74, 6) is 0.918. The number of nitrogens with two attached hydrogens (primary N) is 1. The van der Waals surface area contributed by atoms with Crippen LogP contribution in [0.3, 0.4) is 0 Å². The molecule has 1 fully saturated rings. The number of para-hydroxylation sites is 1. The topological polar surface area (TPSA) is 55.6 Å². The van der Waals surface area contributed by atoms with E-state index in [2.05, 4.69) is 6.92 Å². The van der Waals surface area contributed by atoms with Gasteiger partial charge in [0.1, 0.15) is 5.75 Å². The van der Waals surface area contributed by atoms with Crippen molar-refractivity contribution in [2.45, 2.75) is 44.7 Å². The van der Waals surface area contributed by atoms with Crippen LogP contribution in [0.2, 0.25) is 0 Å². The van der Waals surface area contributed by atoms with Crippen molar-refractivity contribution in [3.8, 4) is 5.75 Å². The summed E-state index contributed by atoms with van der Waals surface area (Å²) in [7, 11) is 1.67. The van der Waals surface area contributed by atoms with E-state index in [1.165, 1.54) is 0 Å². The number of nitrogens with zero attached hydrogens (tertiary/aromatic N) is 1. The van der Waals surface area contributed by atoms with Crippen molar-refractivity contribution in [1.82, 2.24) is 4.90 Å². The molecule has 20 heavy (non-hydrogen) atoms. The van der Waals surface area contributed by atoms with Crippen LogP contribution in [0, 0.1) is 0 Å². The molecule has 0 aliphatic carbocycles. The monoisotopic (exact) mass is 276 g/mol. The summed E-state index contributed by atoms with van der Waals surface area (Å²) < 4.78 is 5.42. The lowest BCUT2D eigenvalue weighted by Gasteiger charge is -2.28. The van der Waals surface area contributed by atoms with Crippen LogP contribution in [0.15, 0.2) is 24.3 Å². The molecule has 1 aliphatic heterocycles. The fourth-order valence-corrected chi connectivity index (χ4v) is 2.94. The van der Waals surface area contributed by atoms with E-state index in [4.69, 9.17) is 10.5 Å². The second kappa shape index (κ2) is 6.75. The number of benzene rings is 1. The van der Waals surface area contributed by atoms with Gasteiger partial charge in [-0.2, -0.15) is 0 Å². The largest absolute Gasteiger partial charge is 0.496 e. The summed E-state index contributed by atoms with van der Waals surface area (Å²) in [4.78, 5) is 14.4. The number of hydrogen-bond donors (Lipinski definition) is 1. The molecule has 1 aromatic rings. The van der Waals surface area contributed by atoms with E-state index in [0.29, 0.717) is 0 Å². The molecule has 1 heterocycles. The molecule has 1 amide bonds. The Kier molecular flexibility index (Phi) is 5.01. The second-order valence-electron chi connectivity index (χ2n) is 5.33. The molecule has 1 saturated heterocycles.